The molecule has 3 heterocycles. The van der Waals surface area contributed by atoms with E-state index in [1.54, 1.807) is 37.4 Å². The summed E-state index contributed by atoms with van der Waals surface area (Å²) in [6.45, 7) is 2.51. The van der Waals surface area contributed by atoms with Crippen LogP contribution in [0.2, 0.25) is 0 Å². The Labute approximate surface area is 214 Å². The highest BCUT2D eigenvalue weighted by molar-refractivity contribution is 6.05. The van der Waals surface area contributed by atoms with E-state index in [4.69, 9.17) is 9.47 Å². The van der Waals surface area contributed by atoms with Crippen molar-refractivity contribution in [3.05, 3.63) is 59.2 Å². The van der Waals surface area contributed by atoms with Crippen molar-refractivity contribution in [2.75, 3.05) is 13.7 Å². The predicted molar refractivity (Wildman–Crippen MR) is 131 cm³/mol. The first-order valence-electron chi connectivity index (χ1n) is 12.3. The van der Waals surface area contributed by atoms with Crippen molar-refractivity contribution in [3.63, 3.8) is 0 Å². The summed E-state index contributed by atoms with van der Waals surface area (Å²) < 4.78 is 11.2. The molecule has 10 nitrogen and oxygen atoms in total. The van der Waals surface area contributed by atoms with Crippen molar-refractivity contribution in [2.24, 2.45) is 0 Å². The second kappa shape index (κ2) is 9.76. The van der Waals surface area contributed by atoms with Gasteiger partial charge >= 0.3 is 6.09 Å². The van der Waals surface area contributed by atoms with Crippen molar-refractivity contribution >= 4 is 23.8 Å². The van der Waals surface area contributed by atoms with E-state index in [0.717, 1.165) is 11.1 Å². The number of carboxylic acid groups (broad SMARTS) is 1. The molecule has 0 radical (unpaired) electrons. The Bertz CT molecular complexity index is 1250. The number of piperidine rings is 1. The number of carbonyl (C=O) groups excluding carboxylic acids is 3. The molecular weight excluding hydrogens is 478 g/mol. The summed E-state index contributed by atoms with van der Waals surface area (Å²) in [5, 5.41) is 9.31. The van der Waals surface area contributed by atoms with Gasteiger partial charge in [-0.1, -0.05) is 12.1 Å². The van der Waals surface area contributed by atoms with Gasteiger partial charge in [0.1, 0.15) is 23.6 Å². The van der Waals surface area contributed by atoms with Crippen molar-refractivity contribution in [1.82, 2.24) is 14.7 Å². The van der Waals surface area contributed by atoms with Gasteiger partial charge in [0.05, 0.1) is 20.2 Å². The zero-order valence-electron chi connectivity index (χ0n) is 20.8. The van der Waals surface area contributed by atoms with Gasteiger partial charge < -0.3 is 24.4 Å². The molecule has 0 spiro atoms. The fraction of sp³-hybridized carbons (Fsp3) is 0.407. The minimum Gasteiger partial charge on any atom is -0.497 e. The second-order valence-electron chi connectivity index (χ2n) is 9.73. The Morgan fingerprint density at radius 2 is 1.81 bits per heavy atom. The molecule has 1 unspecified atom stereocenters. The Morgan fingerprint density at radius 3 is 2.49 bits per heavy atom. The predicted octanol–water partition coefficient (Wildman–Crippen LogP) is 2.89. The van der Waals surface area contributed by atoms with Crippen LogP contribution in [0.4, 0.5) is 4.79 Å². The van der Waals surface area contributed by atoms with Crippen LogP contribution >= 0.6 is 0 Å². The fourth-order valence-corrected chi connectivity index (χ4v) is 5.36. The number of ether oxygens (including phenoxy) is 2. The van der Waals surface area contributed by atoms with Crippen LogP contribution in [0.5, 0.6) is 11.5 Å². The quantitative estimate of drug-likeness (QED) is 0.598. The molecular formula is C27H29N3O7. The monoisotopic (exact) mass is 507 g/mol. The molecule has 2 saturated heterocycles. The molecule has 3 atom stereocenters. The number of carbonyl (C=O) groups is 4. The van der Waals surface area contributed by atoms with Gasteiger partial charge in [-0.3, -0.25) is 19.3 Å². The highest BCUT2D eigenvalue weighted by Crippen LogP contribution is 2.33. The fourth-order valence-electron chi connectivity index (χ4n) is 5.36. The van der Waals surface area contributed by atoms with Crippen molar-refractivity contribution in [3.8, 4) is 11.5 Å². The van der Waals surface area contributed by atoms with E-state index >= 15 is 0 Å². The van der Waals surface area contributed by atoms with E-state index in [9.17, 15) is 24.3 Å². The number of likely N-dealkylation sites (tertiary alicyclic amines) is 2. The van der Waals surface area contributed by atoms with Gasteiger partial charge in [0.2, 0.25) is 5.91 Å². The molecule has 2 aromatic rings. The van der Waals surface area contributed by atoms with Crippen LogP contribution in [0.3, 0.4) is 0 Å². The van der Waals surface area contributed by atoms with E-state index < -0.39 is 12.1 Å². The van der Waals surface area contributed by atoms with Gasteiger partial charge in [0.25, 0.3) is 11.8 Å². The largest absolute Gasteiger partial charge is 0.497 e. The summed E-state index contributed by atoms with van der Waals surface area (Å²) in [6.07, 6.45) is -0.185. The van der Waals surface area contributed by atoms with Crippen molar-refractivity contribution < 1.29 is 33.8 Å². The van der Waals surface area contributed by atoms with E-state index in [-0.39, 0.29) is 62.3 Å². The van der Waals surface area contributed by atoms with Gasteiger partial charge in [-0.15, -0.1) is 0 Å². The second-order valence-corrected chi connectivity index (χ2v) is 9.73. The molecule has 0 aliphatic carbocycles. The summed E-state index contributed by atoms with van der Waals surface area (Å²) >= 11 is 0. The molecule has 37 heavy (non-hydrogen) atoms. The van der Waals surface area contributed by atoms with Crippen LogP contribution in [0.1, 0.15) is 47.7 Å². The number of rotatable bonds is 6. The molecule has 2 aromatic carbocycles. The molecule has 0 bridgehead atoms. The van der Waals surface area contributed by atoms with E-state index in [1.165, 1.54) is 14.7 Å². The van der Waals surface area contributed by atoms with E-state index in [2.05, 4.69) is 0 Å². The van der Waals surface area contributed by atoms with Gasteiger partial charge in [0.15, 0.2) is 0 Å². The number of imide groups is 1. The molecule has 1 N–H and O–H groups in total. The lowest BCUT2D eigenvalue weighted by molar-refractivity contribution is -0.153. The molecule has 3 aliphatic heterocycles. The third kappa shape index (κ3) is 4.71. The molecule has 2 fully saturated rings. The average molecular weight is 508 g/mol. The summed E-state index contributed by atoms with van der Waals surface area (Å²) in [5.74, 6) is 0.370. The molecule has 5 rings (SSSR count). The third-order valence-electron chi connectivity index (χ3n) is 7.35. The maximum absolute atomic E-state index is 13.4. The van der Waals surface area contributed by atoms with Gasteiger partial charge in [0, 0.05) is 31.0 Å². The minimum atomic E-state index is -0.967. The molecule has 3 aliphatic rings. The van der Waals surface area contributed by atoms with Crippen LogP contribution in [0.25, 0.3) is 0 Å². The first kappa shape index (κ1) is 24.6. The smallest absolute Gasteiger partial charge is 0.407 e. The van der Waals surface area contributed by atoms with Crippen LogP contribution in [-0.4, -0.2) is 75.5 Å². The van der Waals surface area contributed by atoms with Crippen molar-refractivity contribution in [1.29, 1.82) is 0 Å². The lowest BCUT2D eigenvalue weighted by atomic mass is 10.0. The minimum absolute atomic E-state index is 0.130. The highest BCUT2D eigenvalue weighted by atomic mass is 16.5. The molecule has 194 valence electrons. The zero-order chi connectivity index (χ0) is 26.3. The van der Waals surface area contributed by atoms with E-state index in [1.807, 2.05) is 19.1 Å². The molecule has 4 amide bonds. The normalized spacial score (nSPS) is 23.5. The van der Waals surface area contributed by atoms with Crippen LogP contribution < -0.4 is 9.47 Å². The standard InChI is InChI=1S/C27H29N3O7/c1-16-11-21(15-28(16)27(34)35)37-20-7-8-22-18(12-20)14-29(25(22)32)23-9-10-24(31)30(26(23)33)13-17-3-5-19(36-2)6-4-17/h3-8,12,16,21,23H,9-11,13-15H2,1-2H3,(H,34,35)/t16-,21-,23?/m0/s1. The number of hydrogen-bond donors (Lipinski definition) is 1. The number of benzene rings is 2. The summed E-state index contributed by atoms with van der Waals surface area (Å²) in [4.78, 5) is 54.7. The van der Waals surface area contributed by atoms with Gasteiger partial charge in [-0.05, 0) is 54.8 Å². The Hall–Kier alpha value is -4.08. The number of amides is 4. The molecule has 0 aromatic heterocycles. The first-order chi connectivity index (χ1) is 17.7. The topological polar surface area (TPSA) is 117 Å². The van der Waals surface area contributed by atoms with Crippen LogP contribution in [0, 0.1) is 0 Å². The highest BCUT2D eigenvalue weighted by Gasteiger charge is 2.43. The number of fused-ring (bicyclic) bond motifs is 1. The lowest BCUT2D eigenvalue weighted by Gasteiger charge is -2.35. The zero-order valence-corrected chi connectivity index (χ0v) is 20.8. The lowest BCUT2D eigenvalue weighted by Crippen LogP contribution is -2.54. The Kier molecular flexibility index (Phi) is 6.49. The third-order valence-corrected chi connectivity index (χ3v) is 7.35. The molecule has 10 heteroatoms. The summed E-state index contributed by atoms with van der Waals surface area (Å²) in [5.41, 5.74) is 2.05. The Balaban J connectivity index is 1.28. The maximum atomic E-state index is 13.4. The van der Waals surface area contributed by atoms with Crippen LogP contribution in [-0.2, 0) is 22.7 Å². The Morgan fingerprint density at radius 1 is 1.08 bits per heavy atom. The number of hydrogen-bond acceptors (Lipinski definition) is 6. The first-order valence-corrected chi connectivity index (χ1v) is 12.3. The average Bonchev–Trinajstić information content (AvgIpc) is 3.41. The summed E-state index contributed by atoms with van der Waals surface area (Å²) in [6, 6.07) is 11.5. The number of nitrogens with zero attached hydrogens (tertiary/aromatic N) is 3. The number of methoxy groups -OCH3 is 1. The summed E-state index contributed by atoms with van der Waals surface area (Å²) in [7, 11) is 1.57. The SMILES string of the molecule is COc1ccc(CN2C(=O)CCC(N3Cc4cc(O[C@H]5C[C@H](C)N(C(=O)O)C5)ccc4C3=O)C2=O)cc1. The van der Waals surface area contributed by atoms with Crippen molar-refractivity contribution in [2.45, 2.75) is 57.5 Å². The van der Waals surface area contributed by atoms with E-state index in [0.29, 0.717) is 23.5 Å². The van der Waals surface area contributed by atoms with Gasteiger partial charge in [-0.25, -0.2) is 4.79 Å². The van der Waals surface area contributed by atoms with Gasteiger partial charge in [-0.2, -0.15) is 0 Å². The van der Waals surface area contributed by atoms with Crippen LogP contribution in [0.15, 0.2) is 42.5 Å². The molecule has 0 saturated carbocycles. The maximum Gasteiger partial charge on any atom is 0.407 e.